The van der Waals surface area contributed by atoms with Gasteiger partial charge < -0.3 is 19.5 Å². The smallest absolute Gasteiger partial charge is 0.407 e. The molecule has 1 fully saturated rings. The Balaban J connectivity index is 1.67. The van der Waals surface area contributed by atoms with Gasteiger partial charge in [-0.05, 0) is 51.8 Å². The van der Waals surface area contributed by atoms with Crippen molar-refractivity contribution in [2.24, 2.45) is 0 Å². The van der Waals surface area contributed by atoms with Crippen LogP contribution in [0.25, 0.3) is 11.0 Å². The molecule has 0 unspecified atom stereocenters. The van der Waals surface area contributed by atoms with Gasteiger partial charge in [0.05, 0.1) is 28.9 Å². The number of rotatable bonds is 4. The van der Waals surface area contributed by atoms with Crippen molar-refractivity contribution < 1.29 is 9.90 Å². The Morgan fingerprint density at radius 1 is 1.31 bits per heavy atom. The molecule has 0 radical (unpaired) electrons. The monoisotopic (exact) mass is 397 g/mol. The first kappa shape index (κ1) is 20.8. The minimum absolute atomic E-state index is 0.0117. The molecule has 0 aliphatic carbocycles. The maximum Gasteiger partial charge on any atom is 0.407 e. The van der Waals surface area contributed by atoms with Crippen LogP contribution in [0, 0.1) is 11.3 Å². The number of aromatic nitrogens is 2. The number of nitrogens with zero attached hydrogens (tertiary/aromatic N) is 5. The molecular weight excluding hydrogens is 370 g/mol. The summed E-state index contributed by atoms with van der Waals surface area (Å²) in [5.74, 6) is 0. The Morgan fingerprint density at radius 2 is 2.00 bits per heavy atom. The average molecular weight is 397 g/mol. The van der Waals surface area contributed by atoms with Crippen molar-refractivity contribution in [3.05, 3.63) is 40.3 Å². The number of hydrogen-bond donors (Lipinski definition) is 1. The molecule has 0 bridgehead atoms. The lowest BCUT2D eigenvalue weighted by molar-refractivity contribution is 0.0417. The molecular formula is C21H27N5O3. The predicted octanol–water partition coefficient (Wildman–Crippen LogP) is 2.51. The topological polar surface area (TPSA) is 102 Å². The zero-order valence-electron chi connectivity index (χ0n) is 17.1. The summed E-state index contributed by atoms with van der Waals surface area (Å²) in [4.78, 5) is 32.0. The Bertz CT molecular complexity index is 994. The van der Waals surface area contributed by atoms with E-state index < -0.39 is 11.6 Å². The molecule has 1 aromatic carbocycles. The highest BCUT2D eigenvalue weighted by molar-refractivity contribution is 5.76. The van der Waals surface area contributed by atoms with E-state index in [1.807, 2.05) is 20.8 Å². The van der Waals surface area contributed by atoms with E-state index in [1.54, 1.807) is 27.7 Å². The van der Waals surface area contributed by atoms with Crippen molar-refractivity contribution in [2.45, 2.75) is 51.7 Å². The quantitative estimate of drug-likeness (QED) is 0.850. The number of carbonyl (C=O) groups is 1. The van der Waals surface area contributed by atoms with E-state index in [0.29, 0.717) is 24.2 Å². The third kappa shape index (κ3) is 4.57. The maximum atomic E-state index is 12.3. The van der Waals surface area contributed by atoms with Gasteiger partial charge in [0, 0.05) is 37.8 Å². The van der Waals surface area contributed by atoms with Crippen molar-refractivity contribution >= 4 is 17.1 Å². The van der Waals surface area contributed by atoms with E-state index in [9.17, 15) is 14.7 Å². The molecule has 8 nitrogen and oxygen atoms in total. The fourth-order valence-electron chi connectivity index (χ4n) is 4.10. The Morgan fingerprint density at radius 3 is 2.59 bits per heavy atom. The van der Waals surface area contributed by atoms with Crippen molar-refractivity contribution in [1.29, 1.82) is 5.26 Å². The molecule has 0 saturated carbocycles. The average Bonchev–Trinajstić information content (AvgIpc) is 2.66. The largest absolute Gasteiger partial charge is 0.465 e. The van der Waals surface area contributed by atoms with Crippen LogP contribution in [0.4, 0.5) is 4.79 Å². The summed E-state index contributed by atoms with van der Waals surface area (Å²) in [6.45, 7) is 8.58. The van der Waals surface area contributed by atoms with Crippen LogP contribution >= 0.6 is 0 Å². The minimum atomic E-state index is -0.873. The standard InChI is InChI=1S/C21H27N5O3/c1-21(2,3)26(20(28)29)16-6-8-24(9-7-16)10-11-25-18-5-4-15(13-22)12-17(18)23-14-19(25)27/h4-5,12,14,16H,6-11H2,1-3H3,(H,28,29). The second-order valence-corrected chi connectivity index (χ2v) is 8.46. The molecule has 29 heavy (non-hydrogen) atoms. The third-order valence-corrected chi connectivity index (χ3v) is 5.47. The molecule has 154 valence electrons. The van der Waals surface area contributed by atoms with Crippen molar-refractivity contribution in [1.82, 2.24) is 19.4 Å². The summed E-state index contributed by atoms with van der Waals surface area (Å²) in [6, 6.07) is 7.24. The van der Waals surface area contributed by atoms with Gasteiger partial charge in [-0.25, -0.2) is 9.78 Å². The van der Waals surface area contributed by atoms with E-state index in [1.165, 1.54) is 6.20 Å². The first-order valence-corrected chi connectivity index (χ1v) is 9.85. The number of hydrogen-bond acceptors (Lipinski definition) is 5. The second-order valence-electron chi connectivity index (χ2n) is 8.46. The molecule has 1 amide bonds. The summed E-state index contributed by atoms with van der Waals surface area (Å²) >= 11 is 0. The number of likely N-dealkylation sites (tertiary alicyclic amines) is 1. The van der Waals surface area contributed by atoms with Gasteiger partial charge in [0.1, 0.15) is 0 Å². The molecule has 8 heteroatoms. The number of carboxylic acid groups (broad SMARTS) is 1. The molecule has 2 heterocycles. The zero-order valence-corrected chi connectivity index (χ0v) is 17.1. The van der Waals surface area contributed by atoms with Crippen LogP contribution < -0.4 is 5.56 Å². The van der Waals surface area contributed by atoms with Crippen LogP contribution in [0.15, 0.2) is 29.2 Å². The lowest BCUT2D eigenvalue weighted by Crippen LogP contribution is -2.54. The van der Waals surface area contributed by atoms with E-state index in [4.69, 9.17) is 5.26 Å². The lowest BCUT2D eigenvalue weighted by Gasteiger charge is -2.43. The van der Waals surface area contributed by atoms with Crippen molar-refractivity contribution in [3.63, 3.8) is 0 Å². The van der Waals surface area contributed by atoms with Crippen LogP contribution in [-0.2, 0) is 6.54 Å². The molecule has 1 aliphatic rings. The van der Waals surface area contributed by atoms with Crippen LogP contribution in [0.2, 0.25) is 0 Å². The number of amides is 1. The summed E-state index contributed by atoms with van der Waals surface area (Å²) in [5.41, 5.74) is 1.27. The van der Waals surface area contributed by atoms with Gasteiger partial charge in [-0.15, -0.1) is 0 Å². The zero-order chi connectivity index (χ0) is 21.2. The van der Waals surface area contributed by atoms with Gasteiger partial charge >= 0.3 is 6.09 Å². The van der Waals surface area contributed by atoms with Gasteiger partial charge in [-0.2, -0.15) is 5.26 Å². The molecule has 1 N–H and O–H groups in total. The fourth-order valence-corrected chi connectivity index (χ4v) is 4.10. The van der Waals surface area contributed by atoms with Crippen LogP contribution in [0.3, 0.4) is 0 Å². The first-order chi connectivity index (χ1) is 13.7. The highest BCUT2D eigenvalue weighted by Crippen LogP contribution is 2.24. The van der Waals surface area contributed by atoms with E-state index in [2.05, 4.69) is 16.0 Å². The van der Waals surface area contributed by atoms with Crippen LogP contribution in [-0.4, -0.2) is 61.8 Å². The van der Waals surface area contributed by atoms with Gasteiger partial charge in [-0.1, -0.05) is 0 Å². The van der Waals surface area contributed by atoms with Gasteiger partial charge in [0.25, 0.3) is 5.56 Å². The minimum Gasteiger partial charge on any atom is -0.465 e. The molecule has 1 aliphatic heterocycles. The van der Waals surface area contributed by atoms with E-state index >= 15 is 0 Å². The number of piperidine rings is 1. The molecule has 2 aromatic rings. The third-order valence-electron chi connectivity index (χ3n) is 5.47. The van der Waals surface area contributed by atoms with E-state index in [0.717, 1.165) is 31.4 Å². The van der Waals surface area contributed by atoms with Gasteiger partial charge in [0.2, 0.25) is 0 Å². The molecule has 1 aromatic heterocycles. The molecule has 1 saturated heterocycles. The second kappa shape index (κ2) is 8.21. The first-order valence-electron chi connectivity index (χ1n) is 9.85. The van der Waals surface area contributed by atoms with E-state index in [-0.39, 0.29) is 11.6 Å². The molecule has 0 spiro atoms. The number of nitriles is 1. The summed E-state index contributed by atoms with van der Waals surface area (Å²) < 4.78 is 1.69. The van der Waals surface area contributed by atoms with Crippen LogP contribution in [0.1, 0.15) is 39.2 Å². The van der Waals surface area contributed by atoms with Gasteiger partial charge in [0.15, 0.2) is 0 Å². The SMILES string of the molecule is CC(C)(C)N(C(=O)O)C1CCN(CCn2c(=O)cnc3cc(C#N)ccc32)CC1. The van der Waals surface area contributed by atoms with Gasteiger partial charge in [-0.3, -0.25) is 4.79 Å². The number of benzene rings is 1. The molecule has 0 atom stereocenters. The summed E-state index contributed by atoms with van der Waals surface area (Å²) in [7, 11) is 0. The summed E-state index contributed by atoms with van der Waals surface area (Å²) in [6.07, 6.45) is 1.98. The van der Waals surface area contributed by atoms with Crippen LogP contribution in [0.5, 0.6) is 0 Å². The lowest BCUT2D eigenvalue weighted by atomic mass is 9.97. The Hall–Kier alpha value is -2.92. The maximum absolute atomic E-state index is 12.3. The fraction of sp³-hybridized carbons (Fsp3) is 0.524. The molecule has 3 rings (SSSR count). The highest BCUT2D eigenvalue weighted by Gasteiger charge is 2.35. The summed E-state index contributed by atoms with van der Waals surface area (Å²) in [5, 5.41) is 18.6. The van der Waals surface area contributed by atoms with Crippen molar-refractivity contribution in [2.75, 3.05) is 19.6 Å². The normalized spacial score (nSPS) is 15.9. The Labute approximate surface area is 170 Å². The van der Waals surface area contributed by atoms with Crippen molar-refractivity contribution in [3.8, 4) is 6.07 Å². The Kier molecular flexibility index (Phi) is 5.89. The predicted molar refractivity (Wildman–Crippen MR) is 110 cm³/mol. The number of fused-ring (bicyclic) bond motifs is 1. The highest BCUT2D eigenvalue weighted by atomic mass is 16.4.